The Morgan fingerprint density at radius 2 is 1.80 bits per heavy atom. The molecule has 114 valence electrons. The van der Waals surface area contributed by atoms with Crippen molar-refractivity contribution < 1.29 is 4.74 Å². The average Bonchev–Trinajstić information content (AvgIpc) is 2.49. The van der Waals surface area contributed by atoms with Crippen molar-refractivity contribution in [2.24, 2.45) is 5.92 Å². The van der Waals surface area contributed by atoms with Gasteiger partial charge in [0.2, 0.25) is 0 Å². The van der Waals surface area contributed by atoms with Crippen molar-refractivity contribution in [2.75, 3.05) is 13.2 Å². The van der Waals surface area contributed by atoms with Crippen LogP contribution >= 0.6 is 0 Å². The number of hydrogen-bond donors (Lipinski definition) is 1. The lowest BCUT2D eigenvalue weighted by atomic mass is 9.99. The molecule has 1 atom stereocenters. The maximum absolute atomic E-state index is 5.59. The Hall–Kier alpha value is -1.02. The molecule has 1 unspecified atom stereocenters. The molecule has 0 amide bonds. The number of benzene rings is 1. The molecule has 0 heterocycles. The predicted molar refractivity (Wildman–Crippen MR) is 87.2 cm³/mol. The summed E-state index contributed by atoms with van der Waals surface area (Å²) in [5.74, 6) is 1.80. The summed E-state index contributed by atoms with van der Waals surface area (Å²) in [5, 5.41) is 3.58. The molecule has 0 saturated heterocycles. The van der Waals surface area contributed by atoms with Crippen LogP contribution in [0.5, 0.6) is 5.75 Å². The summed E-state index contributed by atoms with van der Waals surface area (Å²) in [6.45, 7) is 9.57. The molecule has 0 aliphatic carbocycles. The molecule has 1 aromatic rings. The first-order chi connectivity index (χ1) is 9.80. The number of ether oxygens (including phenoxy) is 1. The largest absolute Gasteiger partial charge is 0.494 e. The Labute approximate surface area is 124 Å². The van der Waals surface area contributed by atoms with Crippen LogP contribution in [-0.4, -0.2) is 13.2 Å². The summed E-state index contributed by atoms with van der Waals surface area (Å²) in [5.41, 5.74) is 1.33. The lowest BCUT2D eigenvalue weighted by Gasteiger charge is -2.15. The van der Waals surface area contributed by atoms with E-state index in [0.29, 0.717) is 0 Å². The van der Waals surface area contributed by atoms with Crippen molar-refractivity contribution in [3.63, 3.8) is 0 Å². The third-order valence-corrected chi connectivity index (χ3v) is 3.70. The molecule has 0 radical (unpaired) electrons. The van der Waals surface area contributed by atoms with Crippen molar-refractivity contribution in [1.29, 1.82) is 0 Å². The number of unbranched alkanes of at least 4 members (excludes halogenated alkanes) is 1. The second-order valence-corrected chi connectivity index (χ2v) is 5.54. The van der Waals surface area contributed by atoms with Crippen LogP contribution in [0.1, 0.15) is 58.4 Å². The zero-order valence-electron chi connectivity index (χ0n) is 13.5. The molecule has 0 fully saturated rings. The standard InChI is InChI=1S/C18H31NO/c1-4-7-8-16(6-3)14-19-15-17-9-11-18(12-10-17)20-13-5-2/h9-12,16,19H,4-8,13-15H2,1-3H3. The van der Waals surface area contributed by atoms with Crippen molar-refractivity contribution in [1.82, 2.24) is 5.32 Å². The minimum absolute atomic E-state index is 0.799. The first kappa shape index (κ1) is 17.0. The highest BCUT2D eigenvalue weighted by molar-refractivity contribution is 5.27. The number of hydrogen-bond acceptors (Lipinski definition) is 2. The van der Waals surface area contributed by atoms with Gasteiger partial charge < -0.3 is 10.1 Å². The molecule has 1 rings (SSSR count). The van der Waals surface area contributed by atoms with Crippen LogP contribution in [0.25, 0.3) is 0 Å². The van der Waals surface area contributed by atoms with Gasteiger partial charge in [-0.3, -0.25) is 0 Å². The molecule has 1 N–H and O–H groups in total. The zero-order chi connectivity index (χ0) is 14.6. The summed E-state index contributed by atoms with van der Waals surface area (Å²) >= 11 is 0. The van der Waals surface area contributed by atoms with Crippen molar-refractivity contribution in [2.45, 2.75) is 59.4 Å². The van der Waals surface area contributed by atoms with Crippen molar-refractivity contribution >= 4 is 0 Å². The Morgan fingerprint density at radius 3 is 2.40 bits per heavy atom. The van der Waals surface area contributed by atoms with Crippen LogP contribution in [0.4, 0.5) is 0 Å². The maximum atomic E-state index is 5.59. The molecule has 0 aromatic heterocycles. The molecular weight excluding hydrogens is 246 g/mol. The van der Waals surface area contributed by atoms with Crippen molar-refractivity contribution in [3.8, 4) is 5.75 Å². The van der Waals surface area contributed by atoms with Gasteiger partial charge in [0.25, 0.3) is 0 Å². The van der Waals surface area contributed by atoms with Gasteiger partial charge in [0.15, 0.2) is 0 Å². The van der Waals surface area contributed by atoms with Gasteiger partial charge in [-0.05, 0) is 43.0 Å². The summed E-state index contributed by atoms with van der Waals surface area (Å²) in [4.78, 5) is 0. The summed E-state index contributed by atoms with van der Waals surface area (Å²) < 4.78 is 5.59. The number of rotatable bonds is 11. The Kier molecular flexibility index (Phi) is 9.14. The average molecular weight is 277 g/mol. The molecule has 2 heteroatoms. The van der Waals surface area contributed by atoms with Gasteiger partial charge in [-0.15, -0.1) is 0 Å². The van der Waals surface area contributed by atoms with Gasteiger partial charge in [0, 0.05) is 6.54 Å². The normalized spacial score (nSPS) is 12.3. The van der Waals surface area contributed by atoms with E-state index in [9.17, 15) is 0 Å². The quantitative estimate of drug-likeness (QED) is 0.628. The maximum Gasteiger partial charge on any atom is 0.119 e. The summed E-state index contributed by atoms with van der Waals surface area (Å²) in [6, 6.07) is 8.46. The van der Waals surface area contributed by atoms with E-state index in [2.05, 4.69) is 50.4 Å². The van der Waals surface area contributed by atoms with Gasteiger partial charge in [-0.2, -0.15) is 0 Å². The third kappa shape index (κ3) is 6.95. The second kappa shape index (κ2) is 10.7. The van der Waals surface area contributed by atoms with Crippen LogP contribution in [0.2, 0.25) is 0 Å². The van der Waals surface area contributed by atoms with E-state index < -0.39 is 0 Å². The smallest absolute Gasteiger partial charge is 0.119 e. The molecule has 0 bridgehead atoms. The van der Waals surface area contributed by atoms with Crippen LogP contribution < -0.4 is 10.1 Å². The topological polar surface area (TPSA) is 21.3 Å². The summed E-state index contributed by atoms with van der Waals surface area (Å²) in [7, 11) is 0. The van der Waals surface area contributed by atoms with Gasteiger partial charge in [-0.25, -0.2) is 0 Å². The van der Waals surface area contributed by atoms with Crippen LogP contribution in [-0.2, 0) is 6.54 Å². The molecule has 0 aliphatic rings. The van der Waals surface area contributed by atoms with Gasteiger partial charge >= 0.3 is 0 Å². The highest BCUT2D eigenvalue weighted by atomic mass is 16.5. The second-order valence-electron chi connectivity index (χ2n) is 5.54. The van der Waals surface area contributed by atoms with Gasteiger partial charge in [0.05, 0.1) is 6.61 Å². The van der Waals surface area contributed by atoms with E-state index in [1.807, 2.05) is 0 Å². The lowest BCUT2D eigenvalue weighted by Crippen LogP contribution is -2.22. The fourth-order valence-electron chi connectivity index (χ4n) is 2.29. The van der Waals surface area contributed by atoms with E-state index in [4.69, 9.17) is 4.74 Å². The Bertz CT molecular complexity index is 334. The third-order valence-electron chi connectivity index (χ3n) is 3.70. The van der Waals surface area contributed by atoms with Crippen LogP contribution in [0, 0.1) is 5.92 Å². The Morgan fingerprint density at radius 1 is 1.05 bits per heavy atom. The molecule has 2 nitrogen and oxygen atoms in total. The predicted octanol–water partition coefficient (Wildman–Crippen LogP) is 4.78. The molecule has 0 spiro atoms. The fraction of sp³-hybridized carbons (Fsp3) is 0.667. The van der Waals surface area contributed by atoms with E-state index in [-0.39, 0.29) is 0 Å². The monoisotopic (exact) mass is 277 g/mol. The van der Waals surface area contributed by atoms with Crippen LogP contribution in [0.3, 0.4) is 0 Å². The molecule has 0 aliphatic heterocycles. The SMILES string of the molecule is CCCCC(CC)CNCc1ccc(OCCC)cc1. The van der Waals surface area contributed by atoms with Gasteiger partial charge in [0.1, 0.15) is 5.75 Å². The first-order valence-electron chi connectivity index (χ1n) is 8.22. The first-order valence-corrected chi connectivity index (χ1v) is 8.22. The number of nitrogens with one attached hydrogen (secondary N) is 1. The molecule has 1 aromatic carbocycles. The van der Waals surface area contributed by atoms with E-state index in [1.165, 1.54) is 31.2 Å². The van der Waals surface area contributed by atoms with Gasteiger partial charge in [-0.1, -0.05) is 52.2 Å². The molecule has 20 heavy (non-hydrogen) atoms. The van der Waals surface area contributed by atoms with E-state index in [0.717, 1.165) is 37.8 Å². The van der Waals surface area contributed by atoms with Crippen LogP contribution in [0.15, 0.2) is 24.3 Å². The highest BCUT2D eigenvalue weighted by Crippen LogP contribution is 2.14. The van der Waals surface area contributed by atoms with Crippen molar-refractivity contribution in [3.05, 3.63) is 29.8 Å². The minimum atomic E-state index is 0.799. The molecular formula is C18H31NO. The molecule has 0 saturated carbocycles. The zero-order valence-corrected chi connectivity index (χ0v) is 13.5. The van der Waals surface area contributed by atoms with E-state index in [1.54, 1.807) is 0 Å². The fourth-order valence-corrected chi connectivity index (χ4v) is 2.29. The summed E-state index contributed by atoms with van der Waals surface area (Å²) in [6.07, 6.45) is 6.33. The Balaban J connectivity index is 2.27. The highest BCUT2D eigenvalue weighted by Gasteiger charge is 2.05. The lowest BCUT2D eigenvalue weighted by molar-refractivity contribution is 0.317. The minimum Gasteiger partial charge on any atom is -0.494 e. The van der Waals surface area contributed by atoms with E-state index >= 15 is 0 Å².